The fourth-order valence-electron chi connectivity index (χ4n) is 2.00. The average Bonchev–Trinajstić information content (AvgIpc) is 3.23. The van der Waals surface area contributed by atoms with Crippen LogP contribution in [-0.4, -0.2) is 31.0 Å². The molecule has 24 heavy (non-hydrogen) atoms. The summed E-state index contributed by atoms with van der Waals surface area (Å²) in [4.78, 5) is 21.8. The minimum Gasteiger partial charge on any atom is -0.395 e. The lowest BCUT2D eigenvalue weighted by Gasteiger charge is -2.05. The highest BCUT2D eigenvalue weighted by Gasteiger charge is 2.18. The molecule has 2 aromatic heterocycles. The van der Waals surface area contributed by atoms with Crippen LogP contribution in [0.25, 0.3) is 5.69 Å². The van der Waals surface area contributed by atoms with E-state index >= 15 is 0 Å². The highest BCUT2D eigenvalue weighted by molar-refractivity contribution is 5.91. The van der Waals surface area contributed by atoms with E-state index in [0.717, 1.165) is 17.3 Å². The molecule has 10 heteroatoms. The number of nitrogens with zero attached hydrogens (tertiary/aromatic N) is 5. The van der Waals surface area contributed by atoms with Crippen molar-refractivity contribution in [3.05, 3.63) is 63.7 Å². The highest BCUT2D eigenvalue weighted by Crippen LogP contribution is 2.15. The molecule has 0 saturated carbocycles. The van der Waals surface area contributed by atoms with Gasteiger partial charge < -0.3 is 9.73 Å². The lowest BCUT2D eigenvalue weighted by molar-refractivity contribution is -0.402. The average molecular weight is 328 g/mol. The molecule has 0 unspecified atom stereocenters. The Morgan fingerprint density at radius 1 is 1.29 bits per heavy atom. The first kappa shape index (κ1) is 15.3. The van der Waals surface area contributed by atoms with Gasteiger partial charge in [0.2, 0.25) is 0 Å². The predicted molar refractivity (Wildman–Crippen MR) is 80.4 cm³/mol. The number of hydrogen-bond acceptors (Lipinski definition) is 7. The number of carbonyl (C=O) groups excluding carboxylic acids is 1. The van der Waals surface area contributed by atoms with Gasteiger partial charge in [-0.05, 0) is 35.5 Å². The third kappa shape index (κ3) is 3.11. The third-order valence-electron chi connectivity index (χ3n) is 3.22. The van der Waals surface area contributed by atoms with Crippen LogP contribution in [0.1, 0.15) is 21.9 Å². The number of benzene rings is 1. The van der Waals surface area contributed by atoms with Gasteiger partial charge in [-0.1, -0.05) is 17.7 Å². The van der Waals surface area contributed by atoms with Gasteiger partial charge in [-0.2, -0.15) is 4.68 Å². The molecule has 0 saturated heterocycles. The summed E-state index contributed by atoms with van der Waals surface area (Å²) in [5, 5.41) is 24.5. The van der Waals surface area contributed by atoms with E-state index in [1.54, 1.807) is 0 Å². The quantitative estimate of drug-likeness (QED) is 0.553. The second kappa shape index (κ2) is 6.28. The van der Waals surface area contributed by atoms with Gasteiger partial charge in [-0.25, -0.2) is 0 Å². The van der Waals surface area contributed by atoms with Crippen molar-refractivity contribution in [3.8, 4) is 5.69 Å². The maximum atomic E-state index is 12.0. The molecule has 0 radical (unpaired) electrons. The van der Waals surface area contributed by atoms with E-state index in [9.17, 15) is 14.9 Å². The zero-order chi connectivity index (χ0) is 17.1. The molecule has 0 aliphatic rings. The van der Waals surface area contributed by atoms with E-state index in [1.807, 2.05) is 31.2 Å². The molecule has 0 fully saturated rings. The number of amides is 1. The summed E-state index contributed by atoms with van der Waals surface area (Å²) >= 11 is 0. The van der Waals surface area contributed by atoms with Crippen LogP contribution in [0.2, 0.25) is 0 Å². The number of furan rings is 1. The minimum atomic E-state index is -0.714. The highest BCUT2D eigenvalue weighted by atomic mass is 16.6. The Balaban J connectivity index is 1.71. The molecule has 3 rings (SSSR count). The van der Waals surface area contributed by atoms with Crippen LogP contribution in [-0.2, 0) is 6.54 Å². The lowest BCUT2D eigenvalue weighted by atomic mass is 10.2. The molecule has 10 nitrogen and oxygen atoms in total. The van der Waals surface area contributed by atoms with Gasteiger partial charge >= 0.3 is 5.88 Å². The molecule has 1 N–H and O–H groups in total. The van der Waals surface area contributed by atoms with Gasteiger partial charge in [-0.3, -0.25) is 14.9 Å². The monoisotopic (exact) mass is 328 g/mol. The second-order valence-corrected chi connectivity index (χ2v) is 4.92. The lowest BCUT2D eigenvalue weighted by Crippen LogP contribution is -2.24. The number of aromatic nitrogens is 4. The Morgan fingerprint density at radius 3 is 2.71 bits per heavy atom. The second-order valence-electron chi connectivity index (χ2n) is 4.92. The van der Waals surface area contributed by atoms with Crippen molar-refractivity contribution in [1.29, 1.82) is 0 Å². The molecule has 2 heterocycles. The molecule has 1 amide bonds. The van der Waals surface area contributed by atoms with Gasteiger partial charge in [0.1, 0.15) is 4.92 Å². The summed E-state index contributed by atoms with van der Waals surface area (Å²) in [7, 11) is 0. The number of nitrogens with one attached hydrogen (secondary N) is 1. The summed E-state index contributed by atoms with van der Waals surface area (Å²) in [5.74, 6) is -0.837. The Kier molecular flexibility index (Phi) is 4.01. The van der Waals surface area contributed by atoms with Crippen LogP contribution in [0.4, 0.5) is 5.88 Å². The van der Waals surface area contributed by atoms with Crippen molar-refractivity contribution in [3.63, 3.8) is 0 Å². The van der Waals surface area contributed by atoms with Crippen LogP contribution in [0.5, 0.6) is 0 Å². The summed E-state index contributed by atoms with van der Waals surface area (Å²) in [6.45, 7) is 2.00. The van der Waals surface area contributed by atoms with E-state index in [1.165, 1.54) is 10.7 Å². The topological polar surface area (TPSA) is 129 Å². The van der Waals surface area contributed by atoms with Crippen molar-refractivity contribution >= 4 is 11.8 Å². The van der Waals surface area contributed by atoms with E-state index in [-0.39, 0.29) is 12.3 Å². The molecule has 0 spiro atoms. The zero-order valence-electron chi connectivity index (χ0n) is 12.5. The third-order valence-corrected chi connectivity index (χ3v) is 3.22. The van der Waals surface area contributed by atoms with Gasteiger partial charge in [0.25, 0.3) is 5.91 Å². The fraction of sp³-hybridized carbons (Fsp3) is 0.143. The molecule has 0 aliphatic heterocycles. The van der Waals surface area contributed by atoms with Crippen LogP contribution < -0.4 is 5.32 Å². The molecule has 122 valence electrons. The normalized spacial score (nSPS) is 10.5. The maximum Gasteiger partial charge on any atom is 0.433 e. The van der Waals surface area contributed by atoms with E-state index in [0.29, 0.717) is 5.82 Å². The Hall–Kier alpha value is -3.56. The van der Waals surface area contributed by atoms with Crippen LogP contribution in [0.3, 0.4) is 0 Å². The summed E-state index contributed by atoms with van der Waals surface area (Å²) in [6.07, 6.45) is 0. The molecule has 0 atom stereocenters. The Labute approximate surface area is 135 Å². The Bertz CT molecular complexity index is 883. The number of aryl methyl sites for hydroxylation is 1. The maximum absolute atomic E-state index is 12.0. The first-order valence-electron chi connectivity index (χ1n) is 6.91. The molecular formula is C14H12N6O4. The molecule has 0 bridgehead atoms. The largest absolute Gasteiger partial charge is 0.433 e. The predicted octanol–water partition coefficient (Wildman–Crippen LogP) is 1.40. The SMILES string of the molecule is Cc1ccc(-n2nnnc2CNC(=O)c2ccc([N+](=O)[O-])o2)cc1. The number of hydrogen-bond donors (Lipinski definition) is 1. The molecule has 3 aromatic rings. The summed E-state index contributed by atoms with van der Waals surface area (Å²) < 4.78 is 6.33. The summed E-state index contributed by atoms with van der Waals surface area (Å²) in [5.41, 5.74) is 1.85. The van der Waals surface area contributed by atoms with E-state index < -0.39 is 16.7 Å². The van der Waals surface area contributed by atoms with Gasteiger partial charge in [-0.15, -0.1) is 5.10 Å². The standard InChI is InChI=1S/C14H12N6O4/c1-9-2-4-10(5-3-9)19-12(16-17-18-19)8-15-14(21)11-6-7-13(24-11)20(22)23/h2-7H,8H2,1H3,(H,15,21). The molecular weight excluding hydrogens is 316 g/mol. The van der Waals surface area contributed by atoms with Gasteiger partial charge in [0, 0.05) is 0 Å². The van der Waals surface area contributed by atoms with Crippen molar-refractivity contribution < 1.29 is 14.1 Å². The van der Waals surface area contributed by atoms with Crippen molar-refractivity contribution in [1.82, 2.24) is 25.5 Å². The molecule has 0 aliphatic carbocycles. The number of tetrazole rings is 1. The van der Waals surface area contributed by atoms with Crippen LogP contribution in [0, 0.1) is 17.0 Å². The number of rotatable bonds is 5. The van der Waals surface area contributed by atoms with Crippen molar-refractivity contribution in [2.45, 2.75) is 13.5 Å². The van der Waals surface area contributed by atoms with Gasteiger partial charge in [0.15, 0.2) is 11.6 Å². The van der Waals surface area contributed by atoms with E-state index in [4.69, 9.17) is 4.42 Å². The van der Waals surface area contributed by atoms with E-state index in [2.05, 4.69) is 20.8 Å². The fourth-order valence-corrected chi connectivity index (χ4v) is 2.00. The number of nitro groups is 1. The zero-order valence-corrected chi connectivity index (χ0v) is 12.5. The van der Waals surface area contributed by atoms with Crippen LogP contribution >= 0.6 is 0 Å². The number of carbonyl (C=O) groups is 1. The summed E-state index contributed by atoms with van der Waals surface area (Å²) in [6, 6.07) is 9.89. The first-order valence-corrected chi connectivity index (χ1v) is 6.91. The Morgan fingerprint density at radius 2 is 2.04 bits per heavy atom. The first-order chi connectivity index (χ1) is 11.5. The van der Waals surface area contributed by atoms with Crippen molar-refractivity contribution in [2.75, 3.05) is 0 Å². The van der Waals surface area contributed by atoms with Crippen molar-refractivity contribution in [2.24, 2.45) is 0 Å². The molecule has 1 aromatic carbocycles. The smallest absolute Gasteiger partial charge is 0.395 e. The van der Waals surface area contributed by atoms with Gasteiger partial charge in [0.05, 0.1) is 18.3 Å². The minimum absolute atomic E-state index is 0.0359. The van der Waals surface area contributed by atoms with Crippen LogP contribution in [0.15, 0.2) is 40.8 Å².